The molecule has 0 aliphatic carbocycles. The maximum Gasteiger partial charge on any atom is 0.305 e. The number of nitrogens with zero attached hydrogens (tertiary/aromatic N) is 2. The second kappa shape index (κ2) is 8.10. The minimum absolute atomic E-state index is 0.0614. The number of aliphatic carboxylic acids is 1. The predicted octanol–water partition coefficient (Wildman–Crippen LogP) is 3.28. The first-order valence-corrected chi connectivity index (χ1v) is 8.34. The summed E-state index contributed by atoms with van der Waals surface area (Å²) in [5.41, 5.74) is 1.71. The zero-order chi connectivity index (χ0) is 17.7. The van der Waals surface area contributed by atoms with E-state index < -0.39 is 5.97 Å². The van der Waals surface area contributed by atoms with Gasteiger partial charge in [0.15, 0.2) is 11.7 Å². The molecule has 0 fully saturated rings. The molecule has 1 amide bonds. The second-order valence-electron chi connectivity index (χ2n) is 5.49. The molecule has 0 saturated carbocycles. The van der Waals surface area contributed by atoms with Crippen molar-refractivity contribution in [1.29, 1.82) is 0 Å². The van der Waals surface area contributed by atoms with Crippen LogP contribution in [0.2, 0.25) is 0 Å². The number of amides is 1. The van der Waals surface area contributed by atoms with Crippen LogP contribution in [0.1, 0.15) is 24.4 Å². The van der Waals surface area contributed by atoms with Gasteiger partial charge in [0.2, 0.25) is 5.91 Å². The van der Waals surface area contributed by atoms with Gasteiger partial charge >= 0.3 is 5.97 Å². The van der Waals surface area contributed by atoms with E-state index in [9.17, 15) is 9.59 Å². The Morgan fingerprint density at radius 1 is 1.25 bits per heavy atom. The van der Waals surface area contributed by atoms with E-state index in [1.54, 1.807) is 7.05 Å². The average Bonchev–Trinajstić information content (AvgIpc) is 2.92. The number of aromatic nitrogens is 1. The van der Waals surface area contributed by atoms with Crippen LogP contribution in [0.15, 0.2) is 33.2 Å². The number of hydrogen-bond donors (Lipinski definition) is 1. The van der Waals surface area contributed by atoms with Crippen LogP contribution >= 0.6 is 15.9 Å². The van der Waals surface area contributed by atoms with E-state index in [1.807, 2.05) is 31.2 Å². The van der Waals surface area contributed by atoms with E-state index in [-0.39, 0.29) is 25.3 Å². The molecule has 1 aromatic carbocycles. The normalized spacial score (nSPS) is 10.6. The van der Waals surface area contributed by atoms with Crippen molar-refractivity contribution in [3.63, 3.8) is 0 Å². The van der Waals surface area contributed by atoms with Gasteiger partial charge in [-0.3, -0.25) is 9.59 Å². The molecule has 0 unspecified atom stereocenters. The molecule has 0 aliphatic rings. The van der Waals surface area contributed by atoms with Crippen LogP contribution in [-0.4, -0.2) is 40.5 Å². The molecule has 6 nitrogen and oxygen atoms in total. The second-order valence-corrected chi connectivity index (χ2v) is 6.40. The third kappa shape index (κ3) is 4.92. The van der Waals surface area contributed by atoms with Crippen molar-refractivity contribution < 1.29 is 19.1 Å². The highest BCUT2D eigenvalue weighted by atomic mass is 79.9. The molecule has 24 heavy (non-hydrogen) atoms. The first-order chi connectivity index (χ1) is 11.4. The number of benzene rings is 1. The molecule has 2 aromatic rings. The molecule has 0 radical (unpaired) electrons. The summed E-state index contributed by atoms with van der Waals surface area (Å²) in [5.74, 6) is 0.156. The number of carboxylic acid groups (broad SMARTS) is 1. The van der Waals surface area contributed by atoms with Crippen molar-refractivity contribution in [2.45, 2.75) is 26.2 Å². The summed E-state index contributed by atoms with van der Waals surface area (Å²) in [6.45, 7) is 2.06. The van der Waals surface area contributed by atoms with Gasteiger partial charge in [0.05, 0.1) is 12.1 Å². The lowest BCUT2D eigenvalue weighted by molar-refractivity contribution is -0.138. The summed E-state index contributed by atoms with van der Waals surface area (Å²) in [4.78, 5) is 28.3. The Balaban J connectivity index is 1.96. The number of hydrogen-bond acceptors (Lipinski definition) is 4. The van der Waals surface area contributed by atoms with Crippen LogP contribution in [0.3, 0.4) is 0 Å². The van der Waals surface area contributed by atoms with Crippen LogP contribution in [0.5, 0.6) is 0 Å². The molecule has 0 aliphatic heterocycles. The molecule has 0 atom stereocenters. The fourth-order valence-electron chi connectivity index (χ4n) is 2.22. The van der Waals surface area contributed by atoms with Gasteiger partial charge in [-0.1, -0.05) is 28.1 Å². The van der Waals surface area contributed by atoms with Crippen LogP contribution in [0.25, 0.3) is 11.3 Å². The van der Waals surface area contributed by atoms with Gasteiger partial charge in [0, 0.05) is 36.5 Å². The maximum absolute atomic E-state index is 12.0. The third-order valence-electron chi connectivity index (χ3n) is 3.59. The number of aryl methyl sites for hydroxylation is 2. The Kier molecular flexibility index (Phi) is 6.14. The number of oxazole rings is 1. The van der Waals surface area contributed by atoms with Gasteiger partial charge in [-0.05, 0) is 19.1 Å². The van der Waals surface area contributed by atoms with Crippen molar-refractivity contribution in [3.05, 3.63) is 40.3 Å². The van der Waals surface area contributed by atoms with E-state index in [1.165, 1.54) is 4.90 Å². The van der Waals surface area contributed by atoms with Gasteiger partial charge < -0.3 is 14.4 Å². The maximum atomic E-state index is 12.0. The zero-order valence-electron chi connectivity index (χ0n) is 13.6. The lowest BCUT2D eigenvalue weighted by atomic mass is 10.1. The summed E-state index contributed by atoms with van der Waals surface area (Å²) in [6, 6.07) is 7.73. The largest absolute Gasteiger partial charge is 0.481 e. The molecular weight excluding hydrogens is 376 g/mol. The average molecular weight is 395 g/mol. The lowest BCUT2D eigenvalue weighted by Crippen LogP contribution is -2.29. The van der Waals surface area contributed by atoms with Gasteiger partial charge in [0.25, 0.3) is 0 Å². The van der Waals surface area contributed by atoms with E-state index in [0.717, 1.165) is 15.7 Å². The van der Waals surface area contributed by atoms with Crippen molar-refractivity contribution in [1.82, 2.24) is 9.88 Å². The molecule has 0 bridgehead atoms. The minimum atomic E-state index is -0.919. The molecular formula is C17H19BrN2O4. The van der Waals surface area contributed by atoms with Crippen LogP contribution in [-0.2, 0) is 16.0 Å². The molecule has 128 valence electrons. The Morgan fingerprint density at radius 2 is 1.92 bits per heavy atom. The Morgan fingerprint density at radius 3 is 2.54 bits per heavy atom. The summed E-state index contributed by atoms with van der Waals surface area (Å²) < 4.78 is 6.76. The quantitative estimate of drug-likeness (QED) is 0.778. The Bertz CT molecular complexity index is 725. The van der Waals surface area contributed by atoms with Crippen molar-refractivity contribution in [2.24, 2.45) is 0 Å². The Labute approximate surface area is 148 Å². The third-order valence-corrected chi connectivity index (χ3v) is 4.12. The molecule has 7 heteroatoms. The van der Waals surface area contributed by atoms with Crippen molar-refractivity contribution in [3.8, 4) is 11.3 Å². The number of carbonyl (C=O) groups excluding carboxylic acids is 1. The molecule has 0 spiro atoms. The van der Waals surface area contributed by atoms with Gasteiger partial charge in [-0.25, -0.2) is 4.98 Å². The van der Waals surface area contributed by atoms with Crippen molar-refractivity contribution in [2.75, 3.05) is 13.6 Å². The van der Waals surface area contributed by atoms with Gasteiger partial charge in [0.1, 0.15) is 0 Å². The van der Waals surface area contributed by atoms with E-state index in [0.29, 0.717) is 18.1 Å². The molecule has 1 aromatic heterocycles. The number of rotatable bonds is 7. The van der Waals surface area contributed by atoms with Gasteiger partial charge in [-0.15, -0.1) is 0 Å². The predicted molar refractivity (Wildman–Crippen MR) is 92.6 cm³/mol. The minimum Gasteiger partial charge on any atom is -0.481 e. The van der Waals surface area contributed by atoms with Crippen LogP contribution in [0, 0.1) is 6.92 Å². The molecule has 1 heterocycles. The summed E-state index contributed by atoms with van der Waals surface area (Å²) in [5, 5.41) is 8.64. The highest BCUT2D eigenvalue weighted by molar-refractivity contribution is 9.10. The Hall–Kier alpha value is -2.15. The number of carboxylic acids is 1. The standard InChI is InChI=1S/C17H19BrN2O4/c1-11-17(12-3-5-13(18)6-4-12)24-14(19-11)7-8-15(21)20(2)10-9-16(22)23/h3-6H,7-10H2,1-2H3,(H,22,23). The molecule has 1 N–H and O–H groups in total. The number of carbonyl (C=O) groups is 2. The smallest absolute Gasteiger partial charge is 0.305 e. The van der Waals surface area contributed by atoms with Crippen LogP contribution in [0.4, 0.5) is 0 Å². The SMILES string of the molecule is Cc1nc(CCC(=O)N(C)CCC(=O)O)oc1-c1ccc(Br)cc1. The lowest BCUT2D eigenvalue weighted by Gasteiger charge is -2.15. The topological polar surface area (TPSA) is 83.6 Å². The summed E-state index contributed by atoms with van der Waals surface area (Å²) >= 11 is 3.39. The highest BCUT2D eigenvalue weighted by Gasteiger charge is 2.15. The first-order valence-electron chi connectivity index (χ1n) is 7.55. The highest BCUT2D eigenvalue weighted by Crippen LogP contribution is 2.26. The molecule has 2 rings (SSSR count). The van der Waals surface area contributed by atoms with Crippen LogP contribution < -0.4 is 0 Å². The van der Waals surface area contributed by atoms with Gasteiger partial charge in [-0.2, -0.15) is 0 Å². The first kappa shape index (κ1) is 18.2. The monoisotopic (exact) mass is 394 g/mol. The number of halogens is 1. The summed E-state index contributed by atoms with van der Waals surface area (Å²) in [7, 11) is 1.60. The van der Waals surface area contributed by atoms with E-state index in [4.69, 9.17) is 9.52 Å². The fourth-order valence-corrected chi connectivity index (χ4v) is 2.49. The fraction of sp³-hybridized carbons (Fsp3) is 0.353. The summed E-state index contributed by atoms with van der Waals surface area (Å²) in [6.07, 6.45) is 0.553. The van der Waals surface area contributed by atoms with Crippen molar-refractivity contribution >= 4 is 27.8 Å². The molecule has 0 saturated heterocycles. The van der Waals surface area contributed by atoms with E-state index >= 15 is 0 Å². The zero-order valence-corrected chi connectivity index (χ0v) is 15.2. The van der Waals surface area contributed by atoms with E-state index in [2.05, 4.69) is 20.9 Å².